The van der Waals surface area contributed by atoms with E-state index in [0.717, 1.165) is 27.9 Å². The number of carbonyl (C=O) groups excluding carboxylic acids is 1. The summed E-state index contributed by atoms with van der Waals surface area (Å²) in [5.74, 6) is 0.962. The molecule has 38 heavy (non-hydrogen) atoms. The van der Waals surface area contributed by atoms with Crippen molar-refractivity contribution in [2.24, 2.45) is 0 Å². The van der Waals surface area contributed by atoms with Gasteiger partial charge in [-0.15, -0.1) is 0 Å². The summed E-state index contributed by atoms with van der Waals surface area (Å²) in [5.41, 5.74) is 6.43. The van der Waals surface area contributed by atoms with Crippen molar-refractivity contribution in [1.82, 2.24) is 9.97 Å². The van der Waals surface area contributed by atoms with E-state index in [1.54, 1.807) is 11.1 Å². The number of benzene rings is 2. The second-order valence-corrected chi connectivity index (χ2v) is 8.78. The van der Waals surface area contributed by atoms with Crippen LogP contribution in [0.1, 0.15) is 66.8 Å². The van der Waals surface area contributed by atoms with Crippen molar-refractivity contribution in [3.05, 3.63) is 114 Å². The Morgan fingerprint density at radius 2 is 1.66 bits per heavy atom. The predicted molar refractivity (Wildman–Crippen MR) is 157 cm³/mol. The van der Waals surface area contributed by atoms with Crippen molar-refractivity contribution in [1.29, 1.82) is 10.8 Å². The minimum absolute atomic E-state index is 0.0144. The van der Waals surface area contributed by atoms with E-state index in [1.807, 2.05) is 93.7 Å². The summed E-state index contributed by atoms with van der Waals surface area (Å²) in [6.45, 7) is 7.52. The third kappa shape index (κ3) is 7.53. The highest BCUT2D eigenvalue weighted by molar-refractivity contribution is 6.17. The van der Waals surface area contributed by atoms with E-state index in [2.05, 4.69) is 22.1 Å². The van der Waals surface area contributed by atoms with Crippen molar-refractivity contribution in [2.75, 3.05) is 4.90 Å². The SMILES string of the molecule is CC.CC(=O)c1cc(-c2ccc(C3CC3)nc2)ccn1.Cc1cccc(C(=N)N(C=N)c2ccccc2)c1. The molecule has 1 saturated carbocycles. The van der Waals surface area contributed by atoms with Crippen LogP contribution in [0.3, 0.4) is 0 Å². The zero-order valence-electron chi connectivity index (χ0n) is 22.5. The minimum atomic E-state index is -0.0144. The smallest absolute Gasteiger partial charge is 0.178 e. The van der Waals surface area contributed by atoms with Gasteiger partial charge in [0.15, 0.2) is 5.78 Å². The molecule has 6 nitrogen and oxygen atoms in total. The molecule has 0 unspecified atom stereocenters. The third-order valence-electron chi connectivity index (χ3n) is 5.93. The normalized spacial score (nSPS) is 11.7. The quantitative estimate of drug-likeness (QED) is 0.160. The van der Waals surface area contributed by atoms with Gasteiger partial charge in [0.05, 0.1) is 6.34 Å². The molecule has 4 aromatic rings. The molecule has 2 aromatic carbocycles. The molecule has 0 amide bonds. The molecule has 0 radical (unpaired) electrons. The number of Topliss-reactive ketones (excluding diaryl/α,β-unsaturated/α-hetero) is 1. The molecule has 1 aliphatic rings. The zero-order valence-corrected chi connectivity index (χ0v) is 22.5. The lowest BCUT2D eigenvalue weighted by atomic mass is 10.1. The third-order valence-corrected chi connectivity index (χ3v) is 5.93. The first kappa shape index (κ1) is 28.1. The van der Waals surface area contributed by atoms with Crippen molar-refractivity contribution in [2.45, 2.75) is 46.5 Å². The Balaban J connectivity index is 0.000000198. The van der Waals surface area contributed by atoms with Crippen molar-refractivity contribution in [3.63, 3.8) is 0 Å². The van der Waals surface area contributed by atoms with E-state index in [4.69, 9.17) is 10.8 Å². The summed E-state index contributed by atoms with van der Waals surface area (Å²) in [4.78, 5) is 21.4. The van der Waals surface area contributed by atoms with Crippen LogP contribution < -0.4 is 4.90 Å². The monoisotopic (exact) mass is 505 g/mol. The Hall–Kier alpha value is -4.45. The molecule has 1 aliphatic carbocycles. The first-order valence-electron chi connectivity index (χ1n) is 12.9. The molecule has 5 rings (SSSR count). The predicted octanol–water partition coefficient (Wildman–Crippen LogP) is 7.68. The lowest BCUT2D eigenvalue weighted by Gasteiger charge is -2.20. The van der Waals surface area contributed by atoms with Gasteiger partial charge >= 0.3 is 0 Å². The number of para-hydroxylation sites is 1. The maximum atomic E-state index is 11.3. The fourth-order valence-electron chi connectivity index (χ4n) is 3.79. The first-order chi connectivity index (χ1) is 18.5. The number of aromatic nitrogens is 2. The lowest BCUT2D eigenvalue weighted by molar-refractivity contribution is 0.101. The van der Waals surface area contributed by atoms with Crippen LogP contribution in [0.4, 0.5) is 5.69 Å². The van der Waals surface area contributed by atoms with Gasteiger partial charge in [-0.05, 0) is 61.7 Å². The highest BCUT2D eigenvalue weighted by Gasteiger charge is 2.24. The second-order valence-electron chi connectivity index (χ2n) is 8.78. The van der Waals surface area contributed by atoms with E-state index in [9.17, 15) is 4.79 Å². The van der Waals surface area contributed by atoms with Crippen molar-refractivity contribution >= 4 is 23.6 Å². The Morgan fingerprint density at radius 1 is 0.921 bits per heavy atom. The summed E-state index contributed by atoms with van der Waals surface area (Å²) < 4.78 is 0. The van der Waals surface area contributed by atoms with Gasteiger partial charge in [0.2, 0.25) is 0 Å². The Labute approximate surface area is 225 Å². The van der Waals surface area contributed by atoms with Crippen LogP contribution in [0.15, 0.2) is 91.3 Å². The molecular weight excluding hydrogens is 470 g/mol. The van der Waals surface area contributed by atoms with Gasteiger partial charge in [-0.1, -0.05) is 61.9 Å². The zero-order chi connectivity index (χ0) is 27.5. The van der Waals surface area contributed by atoms with E-state index >= 15 is 0 Å². The van der Waals surface area contributed by atoms with E-state index in [0.29, 0.717) is 17.4 Å². The topological polar surface area (TPSA) is 93.8 Å². The van der Waals surface area contributed by atoms with Crippen LogP contribution in [0.2, 0.25) is 0 Å². The van der Waals surface area contributed by atoms with Crippen molar-refractivity contribution < 1.29 is 4.79 Å². The van der Waals surface area contributed by atoms with Gasteiger partial charge in [0.25, 0.3) is 0 Å². The molecule has 0 aliphatic heterocycles. The van der Waals surface area contributed by atoms with Gasteiger partial charge in [0, 0.05) is 47.7 Å². The summed E-state index contributed by atoms with van der Waals surface area (Å²) >= 11 is 0. The first-order valence-corrected chi connectivity index (χ1v) is 12.9. The van der Waals surface area contributed by atoms with Gasteiger partial charge in [-0.3, -0.25) is 30.5 Å². The molecule has 0 spiro atoms. The van der Waals surface area contributed by atoms with Crippen LogP contribution in [-0.2, 0) is 0 Å². The van der Waals surface area contributed by atoms with Crippen LogP contribution in [0.5, 0.6) is 0 Å². The van der Waals surface area contributed by atoms with Crippen LogP contribution in [-0.4, -0.2) is 27.9 Å². The number of carbonyl (C=O) groups is 1. The highest BCUT2D eigenvalue weighted by Crippen LogP contribution is 2.39. The average Bonchev–Trinajstić information content (AvgIpc) is 3.81. The summed E-state index contributed by atoms with van der Waals surface area (Å²) in [6.07, 6.45) is 7.24. The molecule has 0 saturated heterocycles. The Morgan fingerprint density at radius 3 is 2.24 bits per heavy atom. The van der Waals surface area contributed by atoms with E-state index in [-0.39, 0.29) is 5.78 Å². The molecule has 2 heterocycles. The van der Waals surface area contributed by atoms with Crippen LogP contribution >= 0.6 is 0 Å². The number of nitrogens with zero attached hydrogens (tertiary/aromatic N) is 3. The number of aryl methyl sites for hydroxylation is 1. The number of anilines is 1. The van der Waals surface area contributed by atoms with Crippen LogP contribution in [0.25, 0.3) is 11.1 Å². The number of nitrogens with one attached hydrogen (secondary N) is 2. The van der Waals surface area contributed by atoms with E-state index in [1.165, 1.54) is 31.8 Å². The fraction of sp³-hybridized carbons (Fsp3) is 0.219. The number of rotatable bonds is 6. The summed E-state index contributed by atoms with van der Waals surface area (Å²) in [7, 11) is 0. The molecule has 6 heteroatoms. The lowest BCUT2D eigenvalue weighted by Crippen LogP contribution is -2.29. The molecule has 2 aromatic heterocycles. The number of hydrogen-bond donors (Lipinski definition) is 2. The Kier molecular flexibility index (Phi) is 10.2. The molecule has 0 bridgehead atoms. The number of amidine groups is 1. The molecule has 0 atom stereocenters. The molecule has 1 fully saturated rings. The van der Waals surface area contributed by atoms with Gasteiger partial charge in [-0.25, -0.2) is 0 Å². The second kappa shape index (κ2) is 13.7. The average molecular weight is 506 g/mol. The molecular formula is C32H35N5O. The number of ketones is 1. The molecule has 194 valence electrons. The fourth-order valence-corrected chi connectivity index (χ4v) is 3.79. The van der Waals surface area contributed by atoms with Gasteiger partial charge in [-0.2, -0.15) is 0 Å². The summed E-state index contributed by atoms with van der Waals surface area (Å²) in [5, 5.41) is 15.7. The number of hydrogen-bond acceptors (Lipinski definition) is 5. The Bertz CT molecular complexity index is 1360. The maximum Gasteiger partial charge on any atom is 0.178 e. The van der Waals surface area contributed by atoms with Gasteiger partial charge < -0.3 is 0 Å². The van der Waals surface area contributed by atoms with Crippen LogP contribution in [0, 0.1) is 17.7 Å². The highest BCUT2D eigenvalue weighted by atomic mass is 16.1. The number of pyridine rings is 2. The van der Waals surface area contributed by atoms with Crippen molar-refractivity contribution in [3.8, 4) is 11.1 Å². The van der Waals surface area contributed by atoms with Gasteiger partial charge in [0.1, 0.15) is 11.5 Å². The van der Waals surface area contributed by atoms with E-state index < -0.39 is 0 Å². The maximum absolute atomic E-state index is 11.3. The standard InChI is InChI=1S/C15H15N3.C15H14N2O.C2H6/c1-12-6-5-7-13(10-12)15(17)18(11-16)14-8-3-2-4-9-14;1-10(18)15-8-12(6-7-16-15)13-4-5-14(17-9-13)11-2-3-11;1-2/h2-11,16-17H,1H3;4-9,11H,2-3H2,1H3;1-2H3. The largest absolute Gasteiger partial charge is 0.293 e. The minimum Gasteiger partial charge on any atom is -0.293 e. The summed E-state index contributed by atoms with van der Waals surface area (Å²) in [6, 6.07) is 25.1. The molecule has 2 N–H and O–H groups in total.